The van der Waals surface area contributed by atoms with Crippen LogP contribution in [0.2, 0.25) is 0 Å². The topological polar surface area (TPSA) is 59.2 Å². The largest absolute Gasteiger partial charge is 0.355 e. The first-order valence-electron chi connectivity index (χ1n) is 8.03. The van der Waals surface area contributed by atoms with Crippen LogP contribution in [0.25, 0.3) is 11.3 Å². The molecule has 0 spiro atoms. The minimum atomic E-state index is -0.0839. The molecule has 1 aliphatic rings. The van der Waals surface area contributed by atoms with E-state index in [1.54, 1.807) is 12.3 Å². The summed E-state index contributed by atoms with van der Waals surface area (Å²) < 4.78 is 5.33. The van der Waals surface area contributed by atoms with Crippen LogP contribution >= 0.6 is 0 Å². The van der Waals surface area contributed by atoms with E-state index in [-0.39, 0.29) is 11.8 Å². The fourth-order valence-corrected chi connectivity index (χ4v) is 3.08. The van der Waals surface area contributed by atoms with Gasteiger partial charge < -0.3 is 9.42 Å². The van der Waals surface area contributed by atoms with Gasteiger partial charge in [0.2, 0.25) is 0 Å². The fourth-order valence-electron chi connectivity index (χ4n) is 3.08. The molecule has 0 saturated carbocycles. The van der Waals surface area contributed by atoms with Gasteiger partial charge in [-0.25, -0.2) is 0 Å². The van der Waals surface area contributed by atoms with Crippen molar-refractivity contribution >= 4 is 5.91 Å². The van der Waals surface area contributed by atoms with Crippen LogP contribution in [0.15, 0.2) is 65.3 Å². The number of pyridine rings is 1. The summed E-state index contributed by atoms with van der Waals surface area (Å²) in [4.78, 5) is 18.9. The Morgan fingerprint density at radius 3 is 2.75 bits per heavy atom. The molecule has 1 atom stereocenters. The Hall–Kier alpha value is -2.95. The second-order valence-corrected chi connectivity index (χ2v) is 5.93. The highest BCUT2D eigenvalue weighted by Crippen LogP contribution is 2.27. The van der Waals surface area contributed by atoms with Gasteiger partial charge in [0.1, 0.15) is 0 Å². The number of amides is 1. The molecular weight excluding hydrogens is 302 g/mol. The van der Waals surface area contributed by atoms with Crippen molar-refractivity contribution in [3.63, 3.8) is 0 Å². The van der Waals surface area contributed by atoms with Gasteiger partial charge in [-0.2, -0.15) is 0 Å². The number of benzene rings is 1. The smallest absolute Gasteiger partial charge is 0.276 e. The SMILES string of the molecule is O=C(c1cc(-c2ccccc2)on1)N1CCC(c2ccccn2)C1. The molecule has 0 aliphatic carbocycles. The number of nitrogens with zero attached hydrogens (tertiary/aromatic N) is 3. The zero-order chi connectivity index (χ0) is 16.4. The van der Waals surface area contributed by atoms with Gasteiger partial charge in [0.25, 0.3) is 5.91 Å². The molecule has 2 aromatic heterocycles. The Morgan fingerprint density at radius 2 is 1.96 bits per heavy atom. The maximum atomic E-state index is 12.7. The molecule has 0 N–H and O–H groups in total. The Morgan fingerprint density at radius 1 is 1.12 bits per heavy atom. The number of carbonyl (C=O) groups is 1. The molecule has 24 heavy (non-hydrogen) atoms. The Labute approximate surface area is 139 Å². The summed E-state index contributed by atoms with van der Waals surface area (Å²) in [7, 11) is 0. The van der Waals surface area contributed by atoms with Crippen molar-refractivity contribution < 1.29 is 9.32 Å². The molecule has 1 aliphatic heterocycles. The van der Waals surface area contributed by atoms with E-state index >= 15 is 0 Å². The van der Waals surface area contributed by atoms with Crippen molar-refractivity contribution in [2.24, 2.45) is 0 Å². The molecule has 120 valence electrons. The van der Waals surface area contributed by atoms with Crippen molar-refractivity contribution in [1.29, 1.82) is 0 Å². The van der Waals surface area contributed by atoms with Gasteiger partial charge in [0, 0.05) is 42.5 Å². The maximum absolute atomic E-state index is 12.7. The normalized spacial score (nSPS) is 17.2. The first kappa shape index (κ1) is 14.6. The molecule has 1 unspecified atom stereocenters. The second kappa shape index (κ2) is 6.28. The lowest BCUT2D eigenvalue weighted by molar-refractivity contribution is 0.0780. The van der Waals surface area contributed by atoms with Crippen LogP contribution in [0.3, 0.4) is 0 Å². The molecule has 1 fully saturated rings. The van der Waals surface area contributed by atoms with Gasteiger partial charge >= 0.3 is 0 Å². The summed E-state index contributed by atoms with van der Waals surface area (Å²) in [6.45, 7) is 1.39. The molecule has 3 heterocycles. The average molecular weight is 319 g/mol. The summed E-state index contributed by atoms with van der Waals surface area (Å²) in [6, 6.07) is 17.3. The van der Waals surface area contributed by atoms with Crippen molar-refractivity contribution in [2.75, 3.05) is 13.1 Å². The molecule has 1 aromatic carbocycles. The number of carbonyl (C=O) groups excluding carboxylic acids is 1. The monoisotopic (exact) mass is 319 g/mol. The minimum Gasteiger partial charge on any atom is -0.355 e. The molecule has 3 aromatic rings. The van der Waals surface area contributed by atoms with E-state index < -0.39 is 0 Å². The molecule has 0 bridgehead atoms. The Kier molecular flexibility index (Phi) is 3.83. The van der Waals surface area contributed by atoms with Crippen molar-refractivity contribution in [1.82, 2.24) is 15.0 Å². The number of likely N-dealkylation sites (tertiary alicyclic amines) is 1. The van der Waals surface area contributed by atoms with E-state index in [2.05, 4.69) is 10.1 Å². The van der Waals surface area contributed by atoms with Crippen LogP contribution < -0.4 is 0 Å². The van der Waals surface area contributed by atoms with Crippen LogP contribution in [0.1, 0.15) is 28.5 Å². The number of hydrogen-bond acceptors (Lipinski definition) is 4. The summed E-state index contributed by atoms with van der Waals surface area (Å²) in [5.74, 6) is 0.814. The second-order valence-electron chi connectivity index (χ2n) is 5.93. The third-order valence-electron chi connectivity index (χ3n) is 4.37. The molecule has 0 radical (unpaired) electrons. The lowest BCUT2D eigenvalue weighted by Gasteiger charge is -2.14. The van der Waals surface area contributed by atoms with Gasteiger partial charge in [-0.05, 0) is 18.6 Å². The van der Waals surface area contributed by atoms with Crippen molar-refractivity contribution in [2.45, 2.75) is 12.3 Å². The summed E-state index contributed by atoms with van der Waals surface area (Å²) >= 11 is 0. The lowest BCUT2D eigenvalue weighted by atomic mass is 10.0. The molecule has 5 nitrogen and oxygen atoms in total. The summed E-state index contributed by atoms with van der Waals surface area (Å²) in [5, 5.41) is 3.95. The van der Waals surface area contributed by atoms with E-state index in [9.17, 15) is 4.79 Å². The highest BCUT2D eigenvalue weighted by Gasteiger charge is 2.30. The van der Waals surface area contributed by atoms with Gasteiger partial charge in [-0.1, -0.05) is 41.6 Å². The van der Waals surface area contributed by atoms with Crippen LogP contribution in [0.5, 0.6) is 0 Å². The zero-order valence-corrected chi connectivity index (χ0v) is 13.1. The average Bonchev–Trinajstić information content (AvgIpc) is 3.33. The first-order chi connectivity index (χ1) is 11.8. The van der Waals surface area contributed by atoms with E-state index in [1.165, 1.54) is 0 Å². The van der Waals surface area contributed by atoms with Gasteiger partial charge in [0.05, 0.1) is 0 Å². The first-order valence-corrected chi connectivity index (χ1v) is 8.03. The minimum absolute atomic E-state index is 0.0839. The van der Waals surface area contributed by atoms with Crippen LogP contribution in [-0.4, -0.2) is 34.0 Å². The highest BCUT2D eigenvalue weighted by molar-refractivity contribution is 5.93. The van der Waals surface area contributed by atoms with E-state index in [4.69, 9.17) is 4.52 Å². The Bertz CT molecular complexity index is 830. The summed E-state index contributed by atoms with van der Waals surface area (Å²) in [6.07, 6.45) is 2.72. The third kappa shape index (κ3) is 2.80. The van der Waals surface area contributed by atoms with Crippen LogP contribution in [-0.2, 0) is 0 Å². The quantitative estimate of drug-likeness (QED) is 0.742. The molecular formula is C19H17N3O2. The van der Waals surface area contributed by atoms with Crippen molar-refractivity contribution in [3.8, 4) is 11.3 Å². The predicted molar refractivity (Wildman–Crippen MR) is 89.4 cm³/mol. The maximum Gasteiger partial charge on any atom is 0.276 e. The van der Waals surface area contributed by atoms with Gasteiger partial charge in [0.15, 0.2) is 11.5 Å². The predicted octanol–water partition coefficient (Wildman–Crippen LogP) is 3.37. The fraction of sp³-hybridized carbons (Fsp3) is 0.211. The molecule has 5 heteroatoms. The van der Waals surface area contributed by atoms with E-state index in [1.807, 2.05) is 53.4 Å². The zero-order valence-electron chi connectivity index (χ0n) is 13.1. The highest BCUT2D eigenvalue weighted by atomic mass is 16.5. The number of hydrogen-bond donors (Lipinski definition) is 0. The number of rotatable bonds is 3. The Balaban J connectivity index is 1.48. The standard InChI is InChI=1S/C19H17N3O2/c23-19(17-12-18(24-21-17)14-6-2-1-3-7-14)22-11-9-15(13-22)16-8-4-5-10-20-16/h1-8,10,12,15H,9,11,13H2. The molecule has 1 saturated heterocycles. The summed E-state index contributed by atoms with van der Waals surface area (Å²) in [5.41, 5.74) is 2.31. The number of aromatic nitrogens is 2. The van der Waals surface area contributed by atoms with Gasteiger partial charge in [-0.15, -0.1) is 0 Å². The van der Waals surface area contributed by atoms with Gasteiger partial charge in [-0.3, -0.25) is 9.78 Å². The lowest BCUT2D eigenvalue weighted by Crippen LogP contribution is -2.28. The van der Waals surface area contributed by atoms with Crippen LogP contribution in [0.4, 0.5) is 0 Å². The van der Waals surface area contributed by atoms with Crippen LogP contribution in [0, 0.1) is 0 Å². The molecule has 1 amide bonds. The molecule has 4 rings (SSSR count). The van der Waals surface area contributed by atoms with E-state index in [0.717, 1.165) is 17.7 Å². The van der Waals surface area contributed by atoms with E-state index in [0.29, 0.717) is 24.5 Å². The van der Waals surface area contributed by atoms with Crippen molar-refractivity contribution in [3.05, 3.63) is 72.2 Å². The third-order valence-corrected chi connectivity index (χ3v) is 4.37.